The van der Waals surface area contributed by atoms with Crippen molar-refractivity contribution in [1.82, 2.24) is 0 Å². The second kappa shape index (κ2) is 9.67. The first kappa shape index (κ1) is 21.1. The molecule has 0 unspecified atom stereocenters. The highest BCUT2D eigenvalue weighted by atomic mass is 35.6. The van der Waals surface area contributed by atoms with E-state index in [-0.39, 0.29) is 6.29 Å². The third-order valence-corrected chi connectivity index (χ3v) is 2.26. The molecule has 0 heterocycles. The van der Waals surface area contributed by atoms with Crippen LogP contribution in [0.25, 0.3) is 0 Å². The van der Waals surface area contributed by atoms with E-state index in [2.05, 4.69) is 5.73 Å². The van der Waals surface area contributed by atoms with Crippen LogP contribution in [0, 0.1) is 0 Å². The summed E-state index contributed by atoms with van der Waals surface area (Å²) in [5, 5.41) is 43.5. The second-order valence-corrected chi connectivity index (χ2v) is 5.50. The largest absolute Gasteiger partial charge is 0.394 e. The van der Waals surface area contributed by atoms with Crippen LogP contribution in [0.3, 0.4) is 0 Å². The van der Waals surface area contributed by atoms with Gasteiger partial charge >= 0.3 is 0 Å². The van der Waals surface area contributed by atoms with Crippen LogP contribution in [0.2, 0.25) is 0 Å². The molecule has 0 aliphatic carbocycles. The number of aliphatic hydroxyl groups excluding tert-OH is 5. The van der Waals surface area contributed by atoms with Gasteiger partial charge in [0.05, 0.1) is 6.61 Å². The molecule has 0 spiro atoms. The molecule has 0 aromatic carbocycles. The van der Waals surface area contributed by atoms with Crippen molar-refractivity contribution in [3.63, 3.8) is 0 Å². The van der Waals surface area contributed by atoms with Crippen LogP contribution >= 0.6 is 34.8 Å². The Morgan fingerprint density at radius 3 is 1.74 bits per heavy atom. The summed E-state index contributed by atoms with van der Waals surface area (Å²) in [5.74, 6) is -0.961. The number of amides is 1. The summed E-state index contributed by atoms with van der Waals surface area (Å²) in [4.78, 5) is 19.7. The van der Waals surface area contributed by atoms with Gasteiger partial charge in [-0.05, 0) is 0 Å². The minimum atomic E-state index is -1.94. The number of hydrogen-bond donors (Lipinski definition) is 6. The summed E-state index contributed by atoms with van der Waals surface area (Å²) in [6, 6.07) is 0. The predicted molar refractivity (Wildman–Crippen MR) is 66.7 cm³/mol. The standard InChI is InChI=1S/C6H12O6.C2H2Cl3NO/c7-1-3(9)5(11)6(12)4(10)2-8;3-2(4,5)1(6)7/h1,3-6,8-12H,2H2;(H2,6,7)/t3-,4+,5+,6-;/m0./s1. The zero-order valence-corrected chi connectivity index (χ0v) is 11.6. The lowest BCUT2D eigenvalue weighted by molar-refractivity contribution is -0.136. The fourth-order valence-electron chi connectivity index (χ4n) is 0.618. The van der Waals surface area contributed by atoms with E-state index in [1.54, 1.807) is 0 Å². The number of alkyl halides is 3. The van der Waals surface area contributed by atoms with Crippen molar-refractivity contribution >= 4 is 47.0 Å². The number of halogens is 3. The molecular formula is C8H14Cl3NO7. The van der Waals surface area contributed by atoms with E-state index >= 15 is 0 Å². The quantitative estimate of drug-likeness (QED) is 0.237. The molecule has 0 aromatic rings. The van der Waals surface area contributed by atoms with Crippen molar-refractivity contribution in [1.29, 1.82) is 0 Å². The lowest BCUT2D eigenvalue weighted by atomic mass is 10.0. The lowest BCUT2D eigenvalue weighted by Gasteiger charge is -2.22. The normalized spacial score (nSPS) is 17.5. The number of carbonyl (C=O) groups excluding carboxylic acids is 2. The molecule has 0 fully saturated rings. The molecule has 11 heteroatoms. The minimum Gasteiger partial charge on any atom is -0.394 e. The molecule has 0 rings (SSSR count). The summed E-state index contributed by atoms with van der Waals surface area (Å²) >= 11 is 14.8. The second-order valence-electron chi connectivity index (χ2n) is 3.22. The molecule has 0 bridgehead atoms. The number of primary amides is 1. The Bertz CT molecular complexity index is 286. The molecule has 0 saturated carbocycles. The fourth-order valence-corrected chi connectivity index (χ4v) is 0.618. The van der Waals surface area contributed by atoms with Gasteiger partial charge in [-0.2, -0.15) is 0 Å². The summed E-state index contributed by atoms with van der Waals surface area (Å²) in [7, 11) is 0. The summed E-state index contributed by atoms with van der Waals surface area (Å²) < 4.78 is -1.94. The van der Waals surface area contributed by atoms with Crippen molar-refractivity contribution < 1.29 is 35.1 Å². The molecular weight excluding hydrogens is 328 g/mol. The number of nitrogens with two attached hydrogens (primary N) is 1. The first-order valence-corrected chi connectivity index (χ1v) is 5.77. The van der Waals surface area contributed by atoms with Crippen molar-refractivity contribution in [2.75, 3.05) is 6.61 Å². The molecule has 19 heavy (non-hydrogen) atoms. The van der Waals surface area contributed by atoms with Gasteiger partial charge in [-0.15, -0.1) is 0 Å². The topological polar surface area (TPSA) is 161 Å². The average Bonchev–Trinajstić information content (AvgIpc) is 2.34. The highest BCUT2D eigenvalue weighted by Gasteiger charge is 2.29. The van der Waals surface area contributed by atoms with Crippen LogP contribution in [0.5, 0.6) is 0 Å². The Hall–Kier alpha value is -0.190. The maximum atomic E-state index is 9.90. The highest BCUT2D eigenvalue weighted by Crippen LogP contribution is 2.24. The molecule has 1 amide bonds. The summed E-state index contributed by atoms with van der Waals surface area (Å²) in [6.45, 7) is -0.760. The van der Waals surface area contributed by atoms with Crippen molar-refractivity contribution in [2.45, 2.75) is 28.2 Å². The van der Waals surface area contributed by atoms with E-state index in [1.165, 1.54) is 0 Å². The maximum absolute atomic E-state index is 9.90. The lowest BCUT2D eigenvalue weighted by Crippen LogP contribution is -2.46. The zero-order valence-electron chi connectivity index (χ0n) is 9.36. The molecule has 114 valence electrons. The van der Waals surface area contributed by atoms with Gasteiger partial charge in [0.25, 0.3) is 9.70 Å². The van der Waals surface area contributed by atoms with Crippen LogP contribution in [-0.2, 0) is 9.59 Å². The van der Waals surface area contributed by atoms with Crippen LogP contribution in [0.15, 0.2) is 0 Å². The molecule has 4 atom stereocenters. The predicted octanol–water partition coefficient (Wildman–Crippen LogP) is -2.54. The Balaban J connectivity index is 0. The number of aliphatic hydroxyl groups is 5. The molecule has 0 aliphatic heterocycles. The Kier molecular flexibility index (Phi) is 10.7. The van der Waals surface area contributed by atoms with Crippen molar-refractivity contribution in [3.8, 4) is 0 Å². The van der Waals surface area contributed by atoms with Gasteiger partial charge in [-0.3, -0.25) is 4.79 Å². The van der Waals surface area contributed by atoms with Crippen molar-refractivity contribution in [3.05, 3.63) is 0 Å². The van der Waals surface area contributed by atoms with Gasteiger partial charge in [0.15, 0.2) is 6.29 Å². The summed E-state index contributed by atoms with van der Waals surface area (Å²) in [6.07, 6.45) is -6.84. The van der Waals surface area contributed by atoms with E-state index < -0.39 is 40.7 Å². The zero-order chi connectivity index (χ0) is 15.8. The van der Waals surface area contributed by atoms with Crippen LogP contribution in [0.1, 0.15) is 0 Å². The van der Waals surface area contributed by atoms with Crippen molar-refractivity contribution in [2.24, 2.45) is 5.73 Å². The Labute approximate surface area is 123 Å². The minimum absolute atomic E-state index is 0.0258. The molecule has 0 aliphatic rings. The first-order chi connectivity index (χ1) is 8.48. The van der Waals surface area contributed by atoms with E-state index in [0.717, 1.165) is 0 Å². The molecule has 7 N–H and O–H groups in total. The van der Waals surface area contributed by atoms with Gasteiger partial charge in [0.1, 0.15) is 24.4 Å². The third-order valence-electron chi connectivity index (χ3n) is 1.70. The summed E-state index contributed by atoms with van der Waals surface area (Å²) in [5.41, 5.74) is 4.53. The van der Waals surface area contributed by atoms with Gasteiger partial charge in [-0.1, -0.05) is 34.8 Å². The van der Waals surface area contributed by atoms with E-state index in [0.29, 0.717) is 0 Å². The van der Waals surface area contributed by atoms with Crippen LogP contribution in [-0.4, -0.2) is 72.5 Å². The number of hydrogen-bond acceptors (Lipinski definition) is 7. The molecule has 0 aromatic heterocycles. The van der Waals surface area contributed by atoms with E-state index in [4.69, 9.17) is 60.3 Å². The maximum Gasteiger partial charge on any atom is 0.269 e. The van der Waals surface area contributed by atoms with Crippen LogP contribution < -0.4 is 5.73 Å². The number of aldehydes is 1. The van der Waals surface area contributed by atoms with E-state index in [9.17, 15) is 9.59 Å². The molecule has 8 nitrogen and oxygen atoms in total. The third kappa shape index (κ3) is 9.36. The van der Waals surface area contributed by atoms with Gasteiger partial charge < -0.3 is 36.1 Å². The Morgan fingerprint density at radius 2 is 1.53 bits per heavy atom. The highest BCUT2D eigenvalue weighted by molar-refractivity contribution is 6.76. The van der Waals surface area contributed by atoms with Gasteiger partial charge in [-0.25, -0.2) is 0 Å². The van der Waals surface area contributed by atoms with Gasteiger partial charge in [0.2, 0.25) is 0 Å². The molecule has 0 radical (unpaired) electrons. The fraction of sp³-hybridized carbons (Fsp3) is 0.750. The average molecular weight is 343 g/mol. The number of rotatable bonds is 5. The smallest absolute Gasteiger partial charge is 0.269 e. The first-order valence-electron chi connectivity index (χ1n) is 4.64. The Morgan fingerprint density at radius 1 is 1.16 bits per heavy atom. The SMILES string of the molecule is NC(=O)C(Cl)(Cl)Cl.O=C[C@H](O)[C@@H](O)[C@@H](O)[C@H](O)CO. The monoisotopic (exact) mass is 341 g/mol. The number of carbonyl (C=O) groups is 2. The van der Waals surface area contributed by atoms with Crippen LogP contribution in [0.4, 0.5) is 0 Å². The van der Waals surface area contributed by atoms with E-state index in [1.807, 2.05) is 0 Å². The molecule has 0 saturated heterocycles. The van der Waals surface area contributed by atoms with Gasteiger partial charge in [0, 0.05) is 0 Å².